The number of pyridine rings is 1. The van der Waals surface area contributed by atoms with Gasteiger partial charge in [0, 0.05) is 24.4 Å². The zero-order chi connectivity index (χ0) is 25.6. The number of nitrogens with one attached hydrogen (secondary N) is 1. The van der Waals surface area contributed by atoms with E-state index in [0.717, 1.165) is 30.4 Å². The van der Waals surface area contributed by atoms with Gasteiger partial charge in [-0.15, -0.1) is 10.2 Å². The van der Waals surface area contributed by atoms with Crippen LogP contribution in [0, 0.1) is 6.92 Å². The molecule has 11 heteroatoms. The number of imidazole rings is 1. The van der Waals surface area contributed by atoms with E-state index in [4.69, 9.17) is 0 Å². The minimum absolute atomic E-state index is 0.0392. The molecule has 1 amide bonds. The molecule has 4 aromatic rings. The fourth-order valence-corrected chi connectivity index (χ4v) is 5.05. The summed E-state index contributed by atoms with van der Waals surface area (Å²) < 4.78 is 28.9. The number of aromatic nitrogens is 6. The molecule has 0 bridgehead atoms. The van der Waals surface area contributed by atoms with Crippen molar-refractivity contribution in [2.24, 2.45) is 0 Å². The quantitative estimate of drug-likeness (QED) is 0.403. The number of sulfone groups is 1. The minimum Gasteiger partial charge on any atom is -0.310 e. The van der Waals surface area contributed by atoms with E-state index < -0.39 is 15.7 Å². The Morgan fingerprint density at radius 1 is 1.17 bits per heavy atom. The van der Waals surface area contributed by atoms with Crippen LogP contribution in [0.15, 0.2) is 54.1 Å². The van der Waals surface area contributed by atoms with Gasteiger partial charge < -0.3 is 14.5 Å². The molecule has 186 valence electrons. The molecule has 10 nitrogen and oxygen atoms in total. The van der Waals surface area contributed by atoms with Crippen LogP contribution in [0.2, 0.25) is 0 Å². The minimum atomic E-state index is -3.68. The van der Waals surface area contributed by atoms with Crippen molar-refractivity contribution >= 4 is 21.6 Å². The molecule has 0 unspecified atom stereocenters. The zero-order valence-corrected chi connectivity index (χ0v) is 21.3. The van der Waals surface area contributed by atoms with E-state index in [2.05, 4.69) is 25.5 Å². The highest BCUT2D eigenvalue weighted by Gasteiger charge is 2.27. The third-order valence-corrected chi connectivity index (χ3v) is 7.30. The zero-order valence-electron chi connectivity index (χ0n) is 20.5. The third kappa shape index (κ3) is 4.66. The van der Waals surface area contributed by atoms with Crippen molar-refractivity contribution in [3.05, 3.63) is 66.0 Å². The number of anilines is 1. The molecule has 3 aromatic heterocycles. The van der Waals surface area contributed by atoms with Crippen LogP contribution in [0.4, 0.5) is 5.82 Å². The number of rotatable bonds is 7. The molecule has 1 N–H and O–H groups in total. The van der Waals surface area contributed by atoms with Crippen LogP contribution in [0.25, 0.3) is 17.2 Å². The van der Waals surface area contributed by atoms with Gasteiger partial charge in [-0.2, -0.15) is 0 Å². The summed E-state index contributed by atoms with van der Waals surface area (Å²) in [6.07, 6.45) is 8.61. The Morgan fingerprint density at radius 3 is 2.64 bits per heavy atom. The molecule has 0 aliphatic heterocycles. The van der Waals surface area contributed by atoms with Gasteiger partial charge in [0.15, 0.2) is 15.7 Å². The Morgan fingerprint density at radius 2 is 1.94 bits per heavy atom. The Bertz CT molecular complexity index is 1570. The van der Waals surface area contributed by atoms with Gasteiger partial charge in [0.25, 0.3) is 5.91 Å². The van der Waals surface area contributed by atoms with E-state index in [9.17, 15) is 13.2 Å². The van der Waals surface area contributed by atoms with E-state index in [1.54, 1.807) is 36.9 Å². The van der Waals surface area contributed by atoms with E-state index in [1.165, 1.54) is 6.07 Å². The normalized spacial score (nSPS) is 13.8. The van der Waals surface area contributed by atoms with Crippen molar-refractivity contribution in [2.45, 2.75) is 50.5 Å². The fourth-order valence-electron chi connectivity index (χ4n) is 4.11. The first-order valence-corrected chi connectivity index (χ1v) is 13.6. The number of nitrogens with zero attached hydrogens (tertiary/aromatic N) is 6. The summed E-state index contributed by atoms with van der Waals surface area (Å²) in [5.74, 6) is 0.747. The summed E-state index contributed by atoms with van der Waals surface area (Å²) >= 11 is 0. The lowest BCUT2D eigenvalue weighted by Gasteiger charge is -2.15. The van der Waals surface area contributed by atoms with Crippen molar-refractivity contribution in [2.75, 3.05) is 11.6 Å². The standard InChI is InChI=1S/C25H27N7O3S/c1-15(2)32-14-27-30-24(32)19-6-5-7-23(28-19)29-25(33)18-11-21(16(3)10-22(18)36(4,34)35)31-12-20(26-13-31)17-8-9-17/h5-7,10-15,17H,8-9H2,1-4H3,(H,28,29,33). The molecule has 36 heavy (non-hydrogen) atoms. The molecule has 1 saturated carbocycles. The maximum Gasteiger partial charge on any atom is 0.258 e. The number of benzene rings is 1. The van der Waals surface area contributed by atoms with Crippen LogP contribution in [0.5, 0.6) is 0 Å². The van der Waals surface area contributed by atoms with E-state index in [-0.39, 0.29) is 22.3 Å². The number of carbonyl (C=O) groups is 1. The molecule has 0 radical (unpaired) electrons. The van der Waals surface area contributed by atoms with Crippen LogP contribution in [-0.4, -0.2) is 49.9 Å². The van der Waals surface area contributed by atoms with Gasteiger partial charge in [-0.05, 0) is 63.4 Å². The van der Waals surface area contributed by atoms with Crippen LogP contribution < -0.4 is 5.32 Å². The first-order valence-electron chi connectivity index (χ1n) is 11.7. The molecule has 1 aromatic carbocycles. The highest BCUT2D eigenvalue weighted by molar-refractivity contribution is 7.90. The summed E-state index contributed by atoms with van der Waals surface area (Å²) in [6, 6.07) is 8.43. The van der Waals surface area contributed by atoms with Crippen molar-refractivity contribution in [1.82, 2.24) is 29.3 Å². The molecule has 1 aliphatic carbocycles. The average Bonchev–Trinajstić information content (AvgIpc) is 3.34. The van der Waals surface area contributed by atoms with E-state index >= 15 is 0 Å². The topological polar surface area (TPSA) is 125 Å². The first-order chi connectivity index (χ1) is 17.1. The summed E-state index contributed by atoms with van der Waals surface area (Å²) in [5.41, 5.74) is 3.00. The van der Waals surface area contributed by atoms with Crippen molar-refractivity contribution in [1.29, 1.82) is 0 Å². The lowest BCUT2D eigenvalue weighted by molar-refractivity contribution is 0.102. The van der Waals surface area contributed by atoms with E-state index in [0.29, 0.717) is 23.1 Å². The van der Waals surface area contributed by atoms with Crippen LogP contribution >= 0.6 is 0 Å². The summed E-state index contributed by atoms with van der Waals surface area (Å²) in [7, 11) is -3.68. The number of hydrogen-bond donors (Lipinski definition) is 1. The Kier molecular flexibility index (Phi) is 5.95. The van der Waals surface area contributed by atoms with Crippen LogP contribution in [0.3, 0.4) is 0 Å². The fraction of sp³-hybridized carbons (Fsp3) is 0.320. The Labute approximate surface area is 209 Å². The summed E-state index contributed by atoms with van der Waals surface area (Å²) in [6.45, 7) is 5.83. The van der Waals surface area contributed by atoms with Gasteiger partial charge in [-0.3, -0.25) is 4.79 Å². The Balaban J connectivity index is 1.51. The van der Waals surface area contributed by atoms with E-state index in [1.807, 2.05) is 36.1 Å². The van der Waals surface area contributed by atoms with Gasteiger partial charge in [-0.1, -0.05) is 6.07 Å². The molecule has 3 heterocycles. The van der Waals surface area contributed by atoms with Crippen molar-refractivity contribution in [3.8, 4) is 17.2 Å². The van der Waals surface area contributed by atoms with Crippen LogP contribution in [0.1, 0.15) is 60.3 Å². The second-order valence-corrected chi connectivity index (χ2v) is 11.4. The maximum absolute atomic E-state index is 13.4. The third-order valence-electron chi connectivity index (χ3n) is 6.17. The number of amides is 1. The Hall–Kier alpha value is -3.86. The van der Waals surface area contributed by atoms with Crippen LogP contribution in [-0.2, 0) is 9.84 Å². The SMILES string of the molecule is Cc1cc(S(C)(=O)=O)c(C(=O)Nc2cccc(-c3nncn3C(C)C)n2)cc1-n1cnc(C2CC2)c1. The molecule has 0 saturated heterocycles. The second-order valence-electron chi connectivity index (χ2n) is 9.40. The second kappa shape index (κ2) is 8.98. The largest absolute Gasteiger partial charge is 0.310 e. The predicted molar refractivity (Wildman–Crippen MR) is 135 cm³/mol. The highest BCUT2D eigenvalue weighted by atomic mass is 32.2. The maximum atomic E-state index is 13.4. The summed E-state index contributed by atoms with van der Waals surface area (Å²) in [4.78, 5) is 22.4. The summed E-state index contributed by atoms with van der Waals surface area (Å²) in [5, 5.41) is 10.9. The smallest absolute Gasteiger partial charge is 0.258 e. The molecule has 0 atom stereocenters. The van der Waals surface area contributed by atoms with Crippen molar-refractivity contribution in [3.63, 3.8) is 0 Å². The molecule has 1 aliphatic rings. The molecule has 5 rings (SSSR count). The average molecular weight is 506 g/mol. The van der Waals surface area contributed by atoms with Gasteiger partial charge in [0.05, 0.1) is 28.2 Å². The predicted octanol–water partition coefficient (Wildman–Crippen LogP) is 3.95. The molecule has 0 spiro atoms. The number of aryl methyl sites for hydroxylation is 1. The number of carbonyl (C=O) groups excluding carboxylic acids is 1. The van der Waals surface area contributed by atoms with Crippen molar-refractivity contribution < 1.29 is 13.2 Å². The van der Waals surface area contributed by atoms with Gasteiger partial charge in [0.1, 0.15) is 17.8 Å². The number of hydrogen-bond acceptors (Lipinski definition) is 7. The van der Waals surface area contributed by atoms with Gasteiger partial charge >= 0.3 is 0 Å². The van der Waals surface area contributed by atoms with Gasteiger partial charge in [-0.25, -0.2) is 18.4 Å². The lowest BCUT2D eigenvalue weighted by atomic mass is 10.1. The molecular formula is C25H27N7O3S. The monoisotopic (exact) mass is 505 g/mol. The molecule has 1 fully saturated rings. The highest BCUT2D eigenvalue weighted by Crippen LogP contribution is 2.39. The van der Waals surface area contributed by atoms with Gasteiger partial charge in [0.2, 0.25) is 0 Å². The molecular weight excluding hydrogens is 478 g/mol. The first kappa shape index (κ1) is 23.9. The lowest BCUT2D eigenvalue weighted by Crippen LogP contribution is -2.18.